The quantitative estimate of drug-likeness (QED) is 0.784. The summed E-state index contributed by atoms with van der Waals surface area (Å²) in [5.41, 5.74) is 2.25. The van der Waals surface area contributed by atoms with Crippen LogP contribution < -0.4 is 10.6 Å². The zero-order valence-electron chi connectivity index (χ0n) is 14.2. The third kappa shape index (κ3) is 4.69. The minimum atomic E-state index is -0.217. The first-order valence-electron chi connectivity index (χ1n) is 8.40. The number of amides is 2. The predicted molar refractivity (Wildman–Crippen MR) is 98.1 cm³/mol. The molecule has 126 valence electrons. The van der Waals surface area contributed by atoms with E-state index < -0.39 is 0 Å². The van der Waals surface area contributed by atoms with Gasteiger partial charge in [-0.3, -0.25) is 9.59 Å². The standard InChI is InChI=1S/C20H24N2O2/c1-3-10-19(23)21-17-13-8-9-14-18(17)22-20(24)16(4-2)15-11-6-5-7-12-15/h5-9,11-14,16H,3-4,10H2,1-2H3,(H,21,23)(H,22,24)/t16-/m0/s1. The highest BCUT2D eigenvalue weighted by atomic mass is 16.2. The number of benzene rings is 2. The van der Waals surface area contributed by atoms with Gasteiger partial charge in [-0.15, -0.1) is 0 Å². The Hall–Kier alpha value is -2.62. The van der Waals surface area contributed by atoms with Gasteiger partial charge in [0.05, 0.1) is 17.3 Å². The number of carbonyl (C=O) groups is 2. The second-order valence-corrected chi connectivity index (χ2v) is 5.70. The first-order chi connectivity index (χ1) is 11.7. The Morgan fingerprint density at radius 2 is 1.46 bits per heavy atom. The summed E-state index contributed by atoms with van der Waals surface area (Å²) in [5.74, 6) is -0.333. The van der Waals surface area contributed by atoms with Crippen LogP contribution in [0, 0.1) is 0 Å². The molecule has 2 aromatic carbocycles. The smallest absolute Gasteiger partial charge is 0.231 e. The number of hydrogen-bond donors (Lipinski definition) is 2. The molecular weight excluding hydrogens is 300 g/mol. The van der Waals surface area contributed by atoms with Gasteiger partial charge in [0.1, 0.15) is 0 Å². The zero-order chi connectivity index (χ0) is 17.4. The average molecular weight is 324 g/mol. The molecule has 2 aromatic rings. The molecule has 4 nitrogen and oxygen atoms in total. The number of rotatable bonds is 7. The highest BCUT2D eigenvalue weighted by Gasteiger charge is 2.19. The molecule has 0 unspecified atom stereocenters. The van der Waals surface area contributed by atoms with Gasteiger partial charge >= 0.3 is 0 Å². The van der Waals surface area contributed by atoms with Crippen LogP contribution in [0.25, 0.3) is 0 Å². The van der Waals surface area contributed by atoms with Crippen LogP contribution in [-0.2, 0) is 9.59 Å². The van der Waals surface area contributed by atoms with Crippen LogP contribution in [0.4, 0.5) is 11.4 Å². The molecule has 2 N–H and O–H groups in total. The molecule has 0 saturated heterocycles. The van der Waals surface area contributed by atoms with Crippen LogP contribution in [0.1, 0.15) is 44.6 Å². The molecule has 24 heavy (non-hydrogen) atoms. The molecule has 4 heteroatoms. The third-order valence-electron chi connectivity index (χ3n) is 3.86. The van der Waals surface area contributed by atoms with Crippen molar-refractivity contribution in [2.75, 3.05) is 10.6 Å². The van der Waals surface area contributed by atoms with Gasteiger partial charge in [-0.05, 0) is 30.5 Å². The van der Waals surface area contributed by atoms with Crippen molar-refractivity contribution >= 4 is 23.2 Å². The lowest BCUT2D eigenvalue weighted by Gasteiger charge is -2.17. The molecule has 0 fully saturated rings. The van der Waals surface area contributed by atoms with E-state index >= 15 is 0 Å². The minimum Gasteiger partial charge on any atom is -0.324 e. The van der Waals surface area contributed by atoms with Crippen molar-refractivity contribution < 1.29 is 9.59 Å². The maximum atomic E-state index is 12.7. The van der Waals surface area contributed by atoms with E-state index in [2.05, 4.69) is 10.6 Å². The fraction of sp³-hybridized carbons (Fsp3) is 0.300. The van der Waals surface area contributed by atoms with Crippen molar-refractivity contribution in [1.82, 2.24) is 0 Å². The van der Waals surface area contributed by atoms with Crippen molar-refractivity contribution in [2.45, 2.75) is 39.0 Å². The van der Waals surface area contributed by atoms with E-state index in [1.165, 1.54) is 0 Å². The molecule has 0 aliphatic carbocycles. The Bertz CT molecular complexity index is 683. The van der Waals surface area contributed by atoms with E-state index in [9.17, 15) is 9.59 Å². The average Bonchev–Trinajstić information content (AvgIpc) is 2.58. The van der Waals surface area contributed by atoms with E-state index in [1.54, 1.807) is 12.1 Å². The van der Waals surface area contributed by atoms with Gasteiger partial charge in [0.2, 0.25) is 11.8 Å². The van der Waals surface area contributed by atoms with Crippen molar-refractivity contribution in [1.29, 1.82) is 0 Å². The van der Waals surface area contributed by atoms with E-state index in [1.807, 2.05) is 56.3 Å². The molecular formula is C20H24N2O2. The molecule has 0 aliphatic heterocycles. The summed E-state index contributed by atoms with van der Waals surface area (Å²) in [6, 6.07) is 17.0. The molecule has 0 spiro atoms. The molecule has 0 aromatic heterocycles. The van der Waals surface area contributed by atoms with Crippen LogP contribution in [0.2, 0.25) is 0 Å². The SMILES string of the molecule is CCCC(=O)Nc1ccccc1NC(=O)[C@@H](CC)c1ccccc1. The monoisotopic (exact) mass is 324 g/mol. The molecule has 0 aliphatic rings. The first-order valence-corrected chi connectivity index (χ1v) is 8.40. The second kappa shape index (κ2) is 8.87. The normalized spacial score (nSPS) is 11.6. The third-order valence-corrected chi connectivity index (χ3v) is 3.86. The van der Waals surface area contributed by atoms with Crippen LogP contribution in [-0.4, -0.2) is 11.8 Å². The molecule has 0 saturated carbocycles. The summed E-state index contributed by atoms with van der Waals surface area (Å²) >= 11 is 0. The lowest BCUT2D eigenvalue weighted by atomic mass is 9.95. The summed E-state index contributed by atoms with van der Waals surface area (Å²) in [7, 11) is 0. The second-order valence-electron chi connectivity index (χ2n) is 5.70. The summed E-state index contributed by atoms with van der Waals surface area (Å²) in [5, 5.41) is 5.81. The van der Waals surface area contributed by atoms with E-state index in [0.29, 0.717) is 24.2 Å². The van der Waals surface area contributed by atoms with Crippen LogP contribution in [0.15, 0.2) is 54.6 Å². The van der Waals surface area contributed by atoms with Gasteiger partial charge < -0.3 is 10.6 Å². The predicted octanol–water partition coefficient (Wildman–Crippen LogP) is 4.56. The fourth-order valence-corrected chi connectivity index (χ4v) is 2.62. The number of anilines is 2. The fourth-order valence-electron chi connectivity index (χ4n) is 2.62. The number of carbonyl (C=O) groups excluding carboxylic acids is 2. The van der Waals surface area contributed by atoms with Gasteiger partial charge in [-0.2, -0.15) is 0 Å². The van der Waals surface area contributed by atoms with Gasteiger partial charge in [-0.1, -0.05) is 56.3 Å². The van der Waals surface area contributed by atoms with Gasteiger partial charge in [0.15, 0.2) is 0 Å². The first kappa shape index (κ1) is 17.7. The van der Waals surface area contributed by atoms with Crippen molar-refractivity contribution in [2.24, 2.45) is 0 Å². The number of nitrogens with one attached hydrogen (secondary N) is 2. The maximum Gasteiger partial charge on any atom is 0.231 e. The Morgan fingerprint density at radius 3 is 2.04 bits per heavy atom. The van der Waals surface area contributed by atoms with Crippen molar-refractivity contribution in [3.63, 3.8) is 0 Å². The summed E-state index contributed by atoms with van der Waals surface area (Å²) in [6.07, 6.45) is 1.95. The van der Waals surface area contributed by atoms with E-state index in [4.69, 9.17) is 0 Å². The highest BCUT2D eigenvalue weighted by molar-refractivity contribution is 6.01. The van der Waals surface area contributed by atoms with E-state index in [0.717, 1.165) is 12.0 Å². The number of para-hydroxylation sites is 2. The Kier molecular flexibility index (Phi) is 6.55. The maximum absolute atomic E-state index is 12.7. The summed E-state index contributed by atoms with van der Waals surface area (Å²) < 4.78 is 0. The molecule has 0 bridgehead atoms. The Balaban J connectivity index is 2.15. The summed E-state index contributed by atoms with van der Waals surface area (Å²) in [4.78, 5) is 24.5. The minimum absolute atomic E-state index is 0.0469. The van der Waals surface area contributed by atoms with Crippen molar-refractivity contribution in [3.8, 4) is 0 Å². The van der Waals surface area contributed by atoms with Crippen LogP contribution >= 0.6 is 0 Å². The van der Waals surface area contributed by atoms with Crippen molar-refractivity contribution in [3.05, 3.63) is 60.2 Å². The Labute approximate surface area is 143 Å². The number of hydrogen-bond acceptors (Lipinski definition) is 2. The van der Waals surface area contributed by atoms with Crippen LogP contribution in [0.5, 0.6) is 0 Å². The topological polar surface area (TPSA) is 58.2 Å². The molecule has 0 radical (unpaired) electrons. The molecule has 1 atom stereocenters. The zero-order valence-corrected chi connectivity index (χ0v) is 14.2. The van der Waals surface area contributed by atoms with Gasteiger partial charge in [-0.25, -0.2) is 0 Å². The molecule has 0 heterocycles. The largest absolute Gasteiger partial charge is 0.324 e. The highest BCUT2D eigenvalue weighted by Crippen LogP contribution is 2.25. The molecule has 2 amide bonds. The van der Waals surface area contributed by atoms with Gasteiger partial charge in [0.25, 0.3) is 0 Å². The molecule has 2 rings (SSSR count). The van der Waals surface area contributed by atoms with Gasteiger partial charge in [0, 0.05) is 6.42 Å². The van der Waals surface area contributed by atoms with E-state index in [-0.39, 0.29) is 17.7 Å². The Morgan fingerprint density at radius 1 is 0.875 bits per heavy atom. The lowest BCUT2D eigenvalue weighted by molar-refractivity contribution is -0.118. The summed E-state index contributed by atoms with van der Waals surface area (Å²) in [6.45, 7) is 3.95. The lowest BCUT2D eigenvalue weighted by Crippen LogP contribution is -2.22. The van der Waals surface area contributed by atoms with Crippen LogP contribution in [0.3, 0.4) is 0 Å².